The van der Waals surface area contributed by atoms with Crippen molar-refractivity contribution >= 4 is 40.8 Å². The van der Waals surface area contributed by atoms with Crippen LogP contribution in [-0.4, -0.2) is 31.4 Å². The van der Waals surface area contributed by atoms with E-state index >= 15 is 0 Å². The molecule has 0 atom stereocenters. The van der Waals surface area contributed by atoms with E-state index in [1.54, 1.807) is 4.90 Å². The van der Waals surface area contributed by atoms with Crippen LogP contribution in [0.1, 0.15) is 29.3 Å². The fraction of sp³-hybridized carbons (Fsp3) is 0.250. The number of aryl methyl sites for hydroxylation is 1. The second kappa shape index (κ2) is 9.19. The van der Waals surface area contributed by atoms with Crippen LogP contribution in [-0.2, 0) is 14.3 Å². The zero-order chi connectivity index (χ0) is 20.0. The number of ether oxygens (including phenoxy) is 1. The Morgan fingerprint density at radius 3 is 2.52 bits per heavy atom. The van der Waals surface area contributed by atoms with Gasteiger partial charge in [0.25, 0.3) is 0 Å². The molecule has 0 aliphatic carbocycles. The van der Waals surface area contributed by atoms with Gasteiger partial charge < -0.3 is 15.0 Å². The van der Waals surface area contributed by atoms with Crippen molar-refractivity contribution in [3.8, 4) is 0 Å². The van der Waals surface area contributed by atoms with Gasteiger partial charge in [-0.15, -0.1) is 0 Å². The topological polar surface area (TPSA) is 75.7 Å². The maximum atomic E-state index is 12.3. The van der Waals surface area contributed by atoms with Crippen molar-refractivity contribution in [2.75, 3.05) is 23.9 Å². The van der Waals surface area contributed by atoms with Crippen molar-refractivity contribution in [1.29, 1.82) is 0 Å². The Morgan fingerprint density at radius 1 is 1.15 bits per heavy atom. The number of anilines is 2. The number of carbonyl (C=O) groups is 3. The molecule has 0 aliphatic rings. The highest BCUT2D eigenvalue weighted by atomic mass is 35.5. The summed E-state index contributed by atoms with van der Waals surface area (Å²) in [6.45, 7) is 3.61. The molecule has 0 saturated carbocycles. The van der Waals surface area contributed by atoms with Crippen molar-refractivity contribution < 1.29 is 19.1 Å². The molecule has 2 amide bonds. The average molecular weight is 389 g/mol. The summed E-state index contributed by atoms with van der Waals surface area (Å²) in [7, 11) is 1.27. The van der Waals surface area contributed by atoms with Crippen LogP contribution in [0.2, 0.25) is 5.02 Å². The minimum atomic E-state index is -0.524. The highest BCUT2D eigenvalue weighted by molar-refractivity contribution is 6.33. The summed E-state index contributed by atoms with van der Waals surface area (Å²) in [5.74, 6) is -0.999. The molecule has 2 aromatic rings. The van der Waals surface area contributed by atoms with Crippen LogP contribution in [0, 0.1) is 6.92 Å². The number of esters is 1. The number of amides is 2. The number of benzene rings is 2. The summed E-state index contributed by atoms with van der Waals surface area (Å²) < 4.78 is 4.66. The van der Waals surface area contributed by atoms with E-state index < -0.39 is 5.97 Å². The monoisotopic (exact) mass is 388 g/mol. The van der Waals surface area contributed by atoms with E-state index in [4.69, 9.17) is 11.6 Å². The van der Waals surface area contributed by atoms with E-state index in [0.29, 0.717) is 10.7 Å². The van der Waals surface area contributed by atoms with Crippen LogP contribution in [0.25, 0.3) is 0 Å². The highest BCUT2D eigenvalue weighted by Gasteiger charge is 2.15. The minimum Gasteiger partial charge on any atom is -0.465 e. The molecule has 0 unspecified atom stereocenters. The molecule has 27 heavy (non-hydrogen) atoms. The third kappa shape index (κ3) is 5.56. The lowest BCUT2D eigenvalue weighted by molar-refractivity contribution is -0.117. The molecule has 2 rings (SSSR count). The Morgan fingerprint density at radius 2 is 1.89 bits per heavy atom. The standard InChI is InChI=1S/C20H21ClN2O4/c1-13-5-4-6-16(11-13)23(14(2)24)10-9-19(25)22-18-12-15(20(26)27-3)7-8-17(18)21/h4-8,11-12H,9-10H2,1-3H3,(H,22,25). The van der Waals surface area contributed by atoms with E-state index in [-0.39, 0.29) is 30.3 Å². The molecule has 0 heterocycles. The predicted molar refractivity (Wildman–Crippen MR) is 105 cm³/mol. The fourth-order valence-electron chi connectivity index (χ4n) is 2.56. The molecule has 0 aromatic heterocycles. The SMILES string of the molecule is COC(=O)c1ccc(Cl)c(NC(=O)CCN(C(C)=O)c2cccc(C)c2)c1. The van der Waals surface area contributed by atoms with Crippen molar-refractivity contribution in [2.45, 2.75) is 20.3 Å². The molecule has 0 aliphatic heterocycles. The molecule has 0 fully saturated rings. The first kappa shape index (κ1) is 20.5. The Hall–Kier alpha value is -2.86. The van der Waals surface area contributed by atoms with Crippen molar-refractivity contribution in [3.63, 3.8) is 0 Å². The second-order valence-corrected chi connectivity index (χ2v) is 6.40. The summed E-state index contributed by atoms with van der Waals surface area (Å²) in [5, 5.41) is 2.97. The van der Waals surface area contributed by atoms with Gasteiger partial charge in [-0.05, 0) is 42.8 Å². The Balaban J connectivity index is 2.06. The molecule has 6 nitrogen and oxygen atoms in total. The molecule has 7 heteroatoms. The molecular weight excluding hydrogens is 368 g/mol. The third-order valence-corrected chi connectivity index (χ3v) is 4.25. The third-order valence-electron chi connectivity index (χ3n) is 3.92. The van der Waals surface area contributed by atoms with Crippen molar-refractivity contribution in [3.05, 3.63) is 58.6 Å². The normalized spacial score (nSPS) is 10.2. The zero-order valence-electron chi connectivity index (χ0n) is 15.4. The largest absolute Gasteiger partial charge is 0.465 e. The molecule has 142 valence electrons. The summed E-state index contributed by atoms with van der Waals surface area (Å²) >= 11 is 6.08. The highest BCUT2D eigenvalue weighted by Crippen LogP contribution is 2.24. The Kier molecular flexibility index (Phi) is 6.96. The number of halogens is 1. The first-order valence-corrected chi connectivity index (χ1v) is 8.72. The lowest BCUT2D eigenvalue weighted by atomic mass is 10.2. The maximum Gasteiger partial charge on any atom is 0.337 e. The first-order chi connectivity index (χ1) is 12.8. The van der Waals surface area contributed by atoms with Crippen LogP contribution in [0.3, 0.4) is 0 Å². The molecule has 0 bridgehead atoms. The summed E-state index contributed by atoms with van der Waals surface area (Å²) in [5.41, 5.74) is 2.35. The van der Waals surface area contributed by atoms with Gasteiger partial charge in [-0.3, -0.25) is 9.59 Å². The summed E-state index contributed by atoms with van der Waals surface area (Å²) in [6, 6.07) is 12.0. The van der Waals surface area contributed by atoms with Gasteiger partial charge in [0, 0.05) is 25.6 Å². The van der Waals surface area contributed by atoms with Gasteiger partial charge in [-0.1, -0.05) is 23.7 Å². The van der Waals surface area contributed by atoms with Crippen LogP contribution < -0.4 is 10.2 Å². The molecule has 1 N–H and O–H groups in total. The Labute approximate surface area is 163 Å². The lowest BCUT2D eigenvalue weighted by Gasteiger charge is -2.21. The number of hydrogen-bond acceptors (Lipinski definition) is 4. The summed E-state index contributed by atoms with van der Waals surface area (Å²) in [6.07, 6.45) is 0.0757. The van der Waals surface area contributed by atoms with E-state index in [1.807, 2.05) is 31.2 Å². The number of nitrogens with one attached hydrogen (secondary N) is 1. The van der Waals surface area contributed by atoms with E-state index in [2.05, 4.69) is 10.1 Å². The quantitative estimate of drug-likeness (QED) is 0.763. The van der Waals surface area contributed by atoms with Gasteiger partial charge in [-0.25, -0.2) is 4.79 Å². The lowest BCUT2D eigenvalue weighted by Crippen LogP contribution is -2.32. The molecule has 2 aromatic carbocycles. The number of rotatable bonds is 6. The number of carbonyl (C=O) groups excluding carboxylic acids is 3. The van der Waals surface area contributed by atoms with Crippen LogP contribution in [0.15, 0.2) is 42.5 Å². The fourth-order valence-corrected chi connectivity index (χ4v) is 2.72. The maximum absolute atomic E-state index is 12.3. The van der Waals surface area contributed by atoms with E-state index in [9.17, 15) is 14.4 Å². The summed E-state index contributed by atoms with van der Waals surface area (Å²) in [4.78, 5) is 37.4. The number of methoxy groups -OCH3 is 1. The number of hydrogen-bond donors (Lipinski definition) is 1. The zero-order valence-corrected chi connectivity index (χ0v) is 16.2. The smallest absolute Gasteiger partial charge is 0.337 e. The van der Waals surface area contributed by atoms with Gasteiger partial charge in [0.05, 0.1) is 23.4 Å². The van der Waals surface area contributed by atoms with Crippen LogP contribution >= 0.6 is 11.6 Å². The van der Waals surface area contributed by atoms with E-state index in [1.165, 1.54) is 32.2 Å². The Bertz CT molecular complexity index is 867. The van der Waals surface area contributed by atoms with Gasteiger partial charge >= 0.3 is 5.97 Å². The van der Waals surface area contributed by atoms with Gasteiger partial charge in [-0.2, -0.15) is 0 Å². The average Bonchev–Trinajstić information content (AvgIpc) is 2.63. The van der Waals surface area contributed by atoms with Crippen molar-refractivity contribution in [2.24, 2.45) is 0 Å². The molecule has 0 saturated heterocycles. The van der Waals surface area contributed by atoms with E-state index in [0.717, 1.165) is 11.3 Å². The second-order valence-electron chi connectivity index (χ2n) is 5.99. The van der Waals surface area contributed by atoms with Crippen LogP contribution in [0.5, 0.6) is 0 Å². The van der Waals surface area contributed by atoms with Gasteiger partial charge in [0.2, 0.25) is 11.8 Å². The first-order valence-electron chi connectivity index (χ1n) is 8.34. The molecule has 0 spiro atoms. The van der Waals surface area contributed by atoms with Crippen molar-refractivity contribution in [1.82, 2.24) is 0 Å². The van der Waals surface area contributed by atoms with Crippen LogP contribution in [0.4, 0.5) is 11.4 Å². The minimum absolute atomic E-state index is 0.0757. The van der Waals surface area contributed by atoms with Gasteiger partial charge in [0.15, 0.2) is 0 Å². The molecule has 0 radical (unpaired) electrons. The van der Waals surface area contributed by atoms with Gasteiger partial charge in [0.1, 0.15) is 0 Å². The predicted octanol–water partition coefficient (Wildman–Crippen LogP) is 3.82. The molecular formula is C20H21ClN2O4. The number of nitrogens with zero attached hydrogens (tertiary/aromatic N) is 1.